The molecule has 0 fully saturated rings. The largest absolute Gasteiger partial charge is 0.227 e. The van der Waals surface area contributed by atoms with Crippen molar-refractivity contribution in [2.75, 3.05) is 6.54 Å². The van der Waals surface area contributed by atoms with Crippen LogP contribution >= 0.6 is 0 Å². The van der Waals surface area contributed by atoms with E-state index >= 15 is 0 Å². The first-order chi connectivity index (χ1) is 8.08. The summed E-state index contributed by atoms with van der Waals surface area (Å²) in [5.41, 5.74) is 0. The molecular weight excluding hydrogens is 236 g/mol. The van der Waals surface area contributed by atoms with E-state index in [9.17, 15) is 8.42 Å². The van der Waals surface area contributed by atoms with Crippen LogP contribution in [-0.2, 0) is 10.0 Å². The molecule has 0 aromatic heterocycles. The van der Waals surface area contributed by atoms with Crippen molar-refractivity contribution >= 4 is 10.0 Å². The molecular formula is C12H24N2O2S. The van der Waals surface area contributed by atoms with Gasteiger partial charge in [-0.1, -0.05) is 46.0 Å². The zero-order valence-corrected chi connectivity index (χ0v) is 11.7. The highest BCUT2D eigenvalue weighted by Gasteiger charge is 2.23. The molecule has 0 rings (SSSR count). The molecule has 0 aromatic rings. The van der Waals surface area contributed by atoms with E-state index in [1.807, 2.05) is 13.0 Å². The molecule has 0 spiro atoms. The second-order valence-corrected chi connectivity index (χ2v) is 6.21. The van der Waals surface area contributed by atoms with Gasteiger partial charge in [0.1, 0.15) is 0 Å². The molecule has 100 valence electrons. The normalized spacial score (nSPS) is 13.2. The fourth-order valence-electron chi connectivity index (χ4n) is 1.59. The average Bonchev–Trinajstić information content (AvgIpc) is 2.30. The molecule has 0 aliphatic heterocycles. The van der Waals surface area contributed by atoms with Gasteiger partial charge < -0.3 is 0 Å². The Morgan fingerprint density at radius 2 is 1.76 bits per heavy atom. The lowest BCUT2D eigenvalue weighted by Crippen LogP contribution is -2.34. The second kappa shape index (κ2) is 9.43. The number of nitrogens with one attached hydrogen (secondary N) is 1. The molecule has 0 aromatic carbocycles. The van der Waals surface area contributed by atoms with Crippen LogP contribution in [0.15, 0.2) is 0 Å². The highest BCUT2D eigenvalue weighted by molar-refractivity contribution is 7.90. The SMILES string of the molecule is CCCCCCCNS(=O)(=O)C(C#N)CCC. The lowest BCUT2D eigenvalue weighted by molar-refractivity contribution is 0.560. The lowest BCUT2D eigenvalue weighted by Gasteiger charge is -2.10. The van der Waals surface area contributed by atoms with E-state index in [4.69, 9.17) is 5.26 Å². The smallest absolute Gasteiger partial charge is 0.214 e. The first-order valence-corrected chi connectivity index (χ1v) is 8.01. The van der Waals surface area contributed by atoms with E-state index in [2.05, 4.69) is 11.6 Å². The summed E-state index contributed by atoms with van der Waals surface area (Å²) in [6.45, 7) is 4.48. The van der Waals surface area contributed by atoms with Gasteiger partial charge in [-0.15, -0.1) is 0 Å². The van der Waals surface area contributed by atoms with Crippen molar-refractivity contribution in [3.63, 3.8) is 0 Å². The Kier molecular flexibility index (Phi) is 9.10. The monoisotopic (exact) mass is 260 g/mol. The molecule has 0 amide bonds. The molecule has 0 radical (unpaired) electrons. The van der Waals surface area contributed by atoms with Crippen LogP contribution in [0.2, 0.25) is 0 Å². The molecule has 17 heavy (non-hydrogen) atoms. The lowest BCUT2D eigenvalue weighted by atomic mass is 10.2. The Labute approximate surface area is 105 Å². The van der Waals surface area contributed by atoms with Gasteiger partial charge in [0.05, 0.1) is 6.07 Å². The number of hydrogen-bond acceptors (Lipinski definition) is 3. The Bertz CT molecular complexity index is 320. The van der Waals surface area contributed by atoms with Crippen LogP contribution in [0, 0.1) is 11.3 Å². The standard InChI is InChI=1S/C12H24N2O2S/c1-3-5-6-7-8-10-14-17(15,16)12(11-13)9-4-2/h12,14H,3-10H2,1-2H3. The van der Waals surface area contributed by atoms with E-state index in [0.717, 1.165) is 19.3 Å². The van der Waals surface area contributed by atoms with Gasteiger partial charge in [0.25, 0.3) is 0 Å². The molecule has 1 unspecified atom stereocenters. The van der Waals surface area contributed by atoms with Gasteiger partial charge in [-0.3, -0.25) is 0 Å². The minimum absolute atomic E-state index is 0.404. The van der Waals surface area contributed by atoms with Crippen LogP contribution in [-0.4, -0.2) is 20.2 Å². The van der Waals surface area contributed by atoms with Gasteiger partial charge in [-0.2, -0.15) is 5.26 Å². The van der Waals surface area contributed by atoms with Gasteiger partial charge in [-0.05, 0) is 12.8 Å². The highest BCUT2D eigenvalue weighted by atomic mass is 32.2. The third-order valence-corrected chi connectivity index (χ3v) is 4.35. The van der Waals surface area contributed by atoms with Gasteiger partial charge in [-0.25, -0.2) is 13.1 Å². The summed E-state index contributed by atoms with van der Waals surface area (Å²) in [5, 5.41) is 7.90. The van der Waals surface area contributed by atoms with Crippen molar-refractivity contribution in [1.82, 2.24) is 4.72 Å². The highest BCUT2D eigenvalue weighted by Crippen LogP contribution is 2.07. The quantitative estimate of drug-likeness (QED) is 0.614. The molecule has 0 heterocycles. The van der Waals surface area contributed by atoms with Crippen molar-refractivity contribution in [2.24, 2.45) is 0 Å². The molecule has 0 saturated carbocycles. The predicted molar refractivity (Wildman–Crippen MR) is 70.0 cm³/mol. The number of unbranched alkanes of at least 4 members (excludes halogenated alkanes) is 4. The second-order valence-electron chi connectivity index (χ2n) is 4.26. The first-order valence-electron chi connectivity index (χ1n) is 6.46. The van der Waals surface area contributed by atoms with Crippen molar-refractivity contribution in [2.45, 2.75) is 64.0 Å². The predicted octanol–water partition coefficient (Wildman–Crippen LogP) is 2.57. The third-order valence-electron chi connectivity index (χ3n) is 2.65. The molecule has 0 aliphatic carbocycles. The molecule has 0 aliphatic rings. The third kappa shape index (κ3) is 7.35. The molecule has 0 saturated heterocycles. The maximum atomic E-state index is 11.7. The number of hydrogen-bond donors (Lipinski definition) is 1. The average molecular weight is 260 g/mol. The zero-order chi connectivity index (χ0) is 13.1. The minimum Gasteiger partial charge on any atom is -0.214 e. The van der Waals surface area contributed by atoms with Gasteiger partial charge in [0.2, 0.25) is 10.0 Å². The maximum Gasteiger partial charge on any atom is 0.227 e. The molecule has 0 bridgehead atoms. The maximum absolute atomic E-state index is 11.7. The van der Waals surface area contributed by atoms with Crippen LogP contribution in [0.4, 0.5) is 0 Å². The van der Waals surface area contributed by atoms with Gasteiger partial charge in [0, 0.05) is 6.54 Å². The van der Waals surface area contributed by atoms with Crippen molar-refractivity contribution in [3.8, 4) is 6.07 Å². The van der Waals surface area contributed by atoms with Gasteiger partial charge >= 0.3 is 0 Å². The van der Waals surface area contributed by atoms with E-state index in [1.165, 1.54) is 12.8 Å². The number of nitriles is 1. The molecule has 5 heteroatoms. The number of rotatable bonds is 10. The Morgan fingerprint density at radius 1 is 1.12 bits per heavy atom. The van der Waals surface area contributed by atoms with E-state index in [0.29, 0.717) is 19.4 Å². The topological polar surface area (TPSA) is 70.0 Å². The zero-order valence-electron chi connectivity index (χ0n) is 10.9. The van der Waals surface area contributed by atoms with Crippen molar-refractivity contribution in [1.29, 1.82) is 5.26 Å². The minimum atomic E-state index is -3.44. The van der Waals surface area contributed by atoms with Crippen LogP contribution in [0.3, 0.4) is 0 Å². The Hall–Kier alpha value is -0.600. The Balaban J connectivity index is 3.89. The summed E-state index contributed by atoms with van der Waals surface area (Å²) in [5.74, 6) is 0. The van der Waals surface area contributed by atoms with Crippen LogP contribution < -0.4 is 4.72 Å². The summed E-state index contributed by atoms with van der Waals surface area (Å²) in [4.78, 5) is 0. The van der Waals surface area contributed by atoms with Crippen LogP contribution in [0.25, 0.3) is 0 Å². The summed E-state index contributed by atoms with van der Waals surface area (Å²) < 4.78 is 25.9. The van der Waals surface area contributed by atoms with Crippen LogP contribution in [0.1, 0.15) is 58.8 Å². The number of sulfonamides is 1. The van der Waals surface area contributed by atoms with E-state index in [-0.39, 0.29) is 0 Å². The number of nitrogens with zero attached hydrogens (tertiary/aromatic N) is 1. The summed E-state index contributed by atoms with van der Waals surface area (Å²) in [6, 6.07) is 1.85. The van der Waals surface area contributed by atoms with E-state index < -0.39 is 15.3 Å². The molecule has 1 atom stereocenters. The van der Waals surface area contributed by atoms with Crippen molar-refractivity contribution in [3.05, 3.63) is 0 Å². The molecule has 4 nitrogen and oxygen atoms in total. The van der Waals surface area contributed by atoms with E-state index in [1.54, 1.807) is 0 Å². The first kappa shape index (κ1) is 16.4. The van der Waals surface area contributed by atoms with Crippen LogP contribution in [0.5, 0.6) is 0 Å². The summed E-state index contributed by atoms with van der Waals surface area (Å²) in [7, 11) is -3.44. The molecule has 1 N–H and O–H groups in total. The van der Waals surface area contributed by atoms with Gasteiger partial charge in [0.15, 0.2) is 5.25 Å². The fourth-order valence-corrected chi connectivity index (χ4v) is 2.91. The Morgan fingerprint density at radius 3 is 2.29 bits per heavy atom. The fraction of sp³-hybridized carbons (Fsp3) is 0.917. The summed E-state index contributed by atoms with van der Waals surface area (Å²) >= 11 is 0. The van der Waals surface area contributed by atoms with Crippen molar-refractivity contribution < 1.29 is 8.42 Å². The summed E-state index contributed by atoms with van der Waals surface area (Å²) in [6.07, 6.45) is 6.53.